The van der Waals surface area contributed by atoms with Crippen molar-refractivity contribution in [3.63, 3.8) is 0 Å². The number of carbonyl (C=O) groups is 1. The van der Waals surface area contributed by atoms with Crippen molar-refractivity contribution in [1.29, 1.82) is 0 Å². The van der Waals surface area contributed by atoms with E-state index in [9.17, 15) is 4.79 Å². The lowest BCUT2D eigenvalue weighted by molar-refractivity contribution is 0.102. The van der Waals surface area contributed by atoms with Gasteiger partial charge in [0.05, 0.1) is 17.6 Å². The Labute approximate surface area is 169 Å². The highest BCUT2D eigenvalue weighted by atomic mass is 32.2. The molecule has 7 heteroatoms. The van der Waals surface area contributed by atoms with Crippen molar-refractivity contribution in [2.45, 2.75) is 52.4 Å². The molecule has 0 aromatic carbocycles. The van der Waals surface area contributed by atoms with Gasteiger partial charge in [-0.3, -0.25) is 9.36 Å². The van der Waals surface area contributed by atoms with Gasteiger partial charge in [-0.15, -0.1) is 16.8 Å². The molecule has 0 fully saturated rings. The quantitative estimate of drug-likeness (QED) is 0.303. The summed E-state index contributed by atoms with van der Waals surface area (Å²) in [5, 5.41) is 9.31. The molecule has 28 heavy (non-hydrogen) atoms. The minimum atomic E-state index is 0.0965. The van der Waals surface area contributed by atoms with E-state index in [0.717, 1.165) is 34.1 Å². The van der Waals surface area contributed by atoms with Gasteiger partial charge < -0.3 is 8.98 Å². The highest BCUT2D eigenvalue weighted by Crippen LogP contribution is 2.28. The highest BCUT2D eigenvalue weighted by Gasteiger charge is 2.20. The molecule has 0 unspecified atom stereocenters. The van der Waals surface area contributed by atoms with Gasteiger partial charge in [0.2, 0.25) is 0 Å². The number of rotatable bonds is 8. The molecule has 0 saturated heterocycles. The van der Waals surface area contributed by atoms with Crippen molar-refractivity contribution in [3.8, 4) is 11.4 Å². The normalized spacial score (nSPS) is 11.4. The zero-order chi connectivity index (χ0) is 20.4. The van der Waals surface area contributed by atoms with Crippen LogP contribution in [0.2, 0.25) is 0 Å². The van der Waals surface area contributed by atoms with E-state index in [0.29, 0.717) is 23.5 Å². The second kappa shape index (κ2) is 8.22. The summed E-state index contributed by atoms with van der Waals surface area (Å²) in [5.41, 5.74) is 3.79. The van der Waals surface area contributed by atoms with Gasteiger partial charge >= 0.3 is 0 Å². The molecule has 0 bridgehead atoms. The molecule has 148 valence electrons. The Morgan fingerprint density at radius 2 is 2.07 bits per heavy atom. The number of nitrogens with zero attached hydrogens (tertiary/aromatic N) is 4. The van der Waals surface area contributed by atoms with Crippen LogP contribution in [0.1, 0.15) is 47.4 Å². The molecule has 0 spiro atoms. The van der Waals surface area contributed by atoms with Crippen LogP contribution in [0.3, 0.4) is 0 Å². The van der Waals surface area contributed by atoms with Crippen LogP contribution >= 0.6 is 11.8 Å². The molecule has 3 rings (SSSR count). The third-order valence-corrected chi connectivity index (χ3v) is 5.73. The van der Waals surface area contributed by atoms with E-state index in [1.807, 2.05) is 37.5 Å². The minimum absolute atomic E-state index is 0.0965. The Kier molecular flexibility index (Phi) is 5.93. The Bertz CT molecular complexity index is 1010. The molecule has 0 saturated carbocycles. The zero-order valence-electron chi connectivity index (χ0n) is 17.0. The Morgan fingerprint density at radius 1 is 1.32 bits per heavy atom. The summed E-state index contributed by atoms with van der Waals surface area (Å²) in [6.07, 6.45) is 3.43. The van der Waals surface area contributed by atoms with Crippen LogP contribution in [0.25, 0.3) is 11.4 Å². The van der Waals surface area contributed by atoms with Crippen LogP contribution in [-0.2, 0) is 6.54 Å². The fourth-order valence-corrected chi connectivity index (χ4v) is 4.40. The first kappa shape index (κ1) is 20.2. The van der Waals surface area contributed by atoms with Gasteiger partial charge in [0.25, 0.3) is 0 Å². The van der Waals surface area contributed by atoms with Crippen molar-refractivity contribution in [2.75, 3.05) is 5.75 Å². The number of allylic oxidation sites excluding steroid dienone is 1. The van der Waals surface area contributed by atoms with Crippen molar-refractivity contribution >= 4 is 17.5 Å². The van der Waals surface area contributed by atoms with Gasteiger partial charge in [-0.05, 0) is 46.8 Å². The molecule has 0 aliphatic heterocycles. The average molecular weight is 399 g/mol. The number of carbonyl (C=O) groups excluding carboxylic acids is 1. The number of ketones is 1. The molecule has 0 aliphatic rings. The lowest BCUT2D eigenvalue weighted by Gasteiger charge is -2.13. The molecule has 3 heterocycles. The van der Waals surface area contributed by atoms with E-state index in [1.54, 1.807) is 12.3 Å². The van der Waals surface area contributed by atoms with E-state index in [1.165, 1.54) is 11.8 Å². The molecular weight excluding hydrogens is 372 g/mol. The smallest absolute Gasteiger partial charge is 0.192 e. The maximum Gasteiger partial charge on any atom is 0.192 e. The van der Waals surface area contributed by atoms with Gasteiger partial charge in [-0.25, -0.2) is 0 Å². The maximum absolute atomic E-state index is 12.9. The van der Waals surface area contributed by atoms with E-state index < -0.39 is 0 Å². The summed E-state index contributed by atoms with van der Waals surface area (Å²) in [7, 11) is 0. The Hall–Kier alpha value is -2.54. The molecule has 0 N–H and O–H groups in total. The molecule has 6 nitrogen and oxygen atoms in total. The molecule has 3 aromatic rings. The number of hydrogen-bond donors (Lipinski definition) is 0. The van der Waals surface area contributed by atoms with Gasteiger partial charge in [0.1, 0.15) is 5.76 Å². The summed E-state index contributed by atoms with van der Waals surface area (Å²) in [6, 6.07) is 4.18. The largest absolute Gasteiger partial charge is 0.469 e. The standard InChI is InChI=1S/C21H26N4O2S/c1-7-9-24-20(17-8-10-27-16(17)6)22-23-21(24)28-12-19(26)18-11-14(4)25(13(2)3)15(18)5/h7-8,10-11,13H,1,9,12H2,2-6H3. The molecular formula is C21H26N4O2S. The fourth-order valence-electron chi connectivity index (χ4n) is 3.57. The molecule has 0 radical (unpaired) electrons. The fraction of sp³-hybridized carbons (Fsp3) is 0.381. The number of aryl methyl sites for hydroxylation is 2. The molecule has 0 amide bonds. The summed E-state index contributed by atoms with van der Waals surface area (Å²) >= 11 is 1.40. The topological polar surface area (TPSA) is 65.8 Å². The van der Waals surface area contributed by atoms with Crippen molar-refractivity contribution in [3.05, 3.63) is 53.8 Å². The van der Waals surface area contributed by atoms with Gasteiger partial charge in [-0.2, -0.15) is 0 Å². The lowest BCUT2D eigenvalue weighted by atomic mass is 10.2. The second-order valence-corrected chi connectivity index (χ2v) is 8.00. The van der Waals surface area contributed by atoms with Crippen LogP contribution in [0.5, 0.6) is 0 Å². The van der Waals surface area contributed by atoms with Crippen LogP contribution in [0.4, 0.5) is 0 Å². The van der Waals surface area contributed by atoms with Crippen molar-refractivity contribution in [1.82, 2.24) is 19.3 Å². The number of Topliss-reactive ketones (excluding diaryl/α,β-unsaturated/α-hetero) is 1. The predicted molar refractivity (Wildman–Crippen MR) is 112 cm³/mol. The summed E-state index contributed by atoms with van der Waals surface area (Å²) in [6.45, 7) is 14.6. The second-order valence-electron chi connectivity index (χ2n) is 7.06. The van der Waals surface area contributed by atoms with Crippen LogP contribution < -0.4 is 0 Å². The number of aromatic nitrogens is 4. The van der Waals surface area contributed by atoms with Crippen molar-refractivity contribution < 1.29 is 9.21 Å². The van der Waals surface area contributed by atoms with Crippen LogP contribution in [-0.4, -0.2) is 30.9 Å². The van der Waals surface area contributed by atoms with Gasteiger partial charge in [-0.1, -0.05) is 17.8 Å². The first-order valence-corrected chi connectivity index (χ1v) is 10.3. The van der Waals surface area contributed by atoms with E-state index in [4.69, 9.17) is 4.42 Å². The van der Waals surface area contributed by atoms with Crippen LogP contribution in [0, 0.1) is 20.8 Å². The Morgan fingerprint density at radius 3 is 2.64 bits per heavy atom. The SMILES string of the molecule is C=CCn1c(SCC(=O)c2cc(C)n(C(C)C)c2C)nnc1-c1ccoc1C. The zero-order valence-corrected chi connectivity index (χ0v) is 17.8. The monoisotopic (exact) mass is 398 g/mol. The number of thioether (sulfide) groups is 1. The average Bonchev–Trinajstić information content (AvgIpc) is 3.31. The van der Waals surface area contributed by atoms with Gasteiger partial charge in [0.15, 0.2) is 16.8 Å². The third-order valence-electron chi connectivity index (χ3n) is 4.76. The van der Waals surface area contributed by atoms with E-state index in [2.05, 4.69) is 35.2 Å². The van der Waals surface area contributed by atoms with Gasteiger partial charge in [0, 0.05) is 29.5 Å². The summed E-state index contributed by atoms with van der Waals surface area (Å²) < 4.78 is 9.54. The first-order valence-electron chi connectivity index (χ1n) is 9.28. The number of hydrogen-bond acceptors (Lipinski definition) is 5. The third kappa shape index (κ3) is 3.71. The maximum atomic E-state index is 12.9. The van der Waals surface area contributed by atoms with E-state index >= 15 is 0 Å². The van der Waals surface area contributed by atoms with Crippen molar-refractivity contribution in [2.24, 2.45) is 0 Å². The van der Waals surface area contributed by atoms with Crippen LogP contribution in [0.15, 0.2) is 40.6 Å². The molecule has 0 aliphatic carbocycles. The lowest BCUT2D eigenvalue weighted by Crippen LogP contribution is -2.09. The Balaban J connectivity index is 1.83. The summed E-state index contributed by atoms with van der Waals surface area (Å²) in [5.74, 6) is 1.91. The summed E-state index contributed by atoms with van der Waals surface area (Å²) in [4.78, 5) is 12.9. The molecule has 0 atom stereocenters. The van der Waals surface area contributed by atoms with E-state index in [-0.39, 0.29) is 5.78 Å². The number of furan rings is 1. The first-order chi connectivity index (χ1) is 13.3. The minimum Gasteiger partial charge on any atom is -0.469 e. The molecule has 3 aromatic heterocycles. The highest BCUT2D eigenvalue weighted by molar-refractivity contribution is 7.99. The predicted octanol–water partition coefficient (Wildman–Crippen LogP) is 5.01.